The highest BCUT2D eigenvalue weighted by atomic mass is 16.5. The van der Waals surface area contributed by atoms with E-state index >= 15 is 0 Å². The molecule has 2 aliphatic carbocycles. The van der Waals surface area contributed by atoms with Crippen molar-refractivity contribution in [2.75, 3.05) is 7.11 Å². The number of ether oxygens (including phenoxy) is 1. The summed E-state index contributed by atoms with van der Waals surface area (Å²) in [5.41, 5.74) is 2.96. The van der Waals surface area contributed by atoms with Crippen LogP contribution in [0.1, 0.15) is 30.4 Å². The van der Waals surface area contributed by atoms with Gasteiger partial charge in [0.1, 0.15) is 5.75 Å². The third kappa shape index (κ3) is 1.06. The topological polar surface area (TPSA) is 33.0 Å². The molecule has 3 rings (SSSR count). The highest BCUT2D eigenvalue weighted by Gasteiger charge is 2.51. The summed E-state index contributed by atoms with van der Waals surface area (Å²) in [5.74, 6) is 1.14. The minimum atomic E-state index is 0.165. The van der Waals surface area contributed by atoms with E-state index in [4.69, 9.17) is 4.74 Å². The number of methoxy groups -OCH3 is 1. The molecule has 82 valence electrons. The molecule has 0 saturated heterocycles. The quantitative estimate of drug-likeness (QED) is 0.718. The van der Waals surface area contributed by atoms with Crippen molar-refractivity contribution in [2.45, 2.75) is 31.1 Å². The third-order valence-electron chi connectivity index (χ3n) is 4.40. The van der Waals surface area contributed by atoms with Gasteiger partial charge in [-0.15, -0.1) is 0 Å². The van der Waals surface area contributed by atoms with Crippen molar-refractivity contribution in [1.29, 1.82) is 5.26 Å². The average molecular weight is 213 g/mol. The Morgan fingerprint density at radius 3 is 2.94 bits per heavy atom. The first kappa shape index (κ1) is 9.72. The van der Waals surface area contributed by atoms with Crippen LogP contribution in [-0.4, -0.2) is 7.11 Å². The van der Waals surface area contributed by atoms with E-state index in [1.807, 2.05) is 6.07 Å². The Hall–Kier alpha value is -1.49. The van der Waals surface area contributed by atoms with Crippen LogP contribution >= 0.6 is 0 Å². The lowest BCUT2D eigenvalue weighted by atomic mass is 9.58. The molecule has 1 aromatic carbocycles. The standard InChI is InChI=1S/C14H15NO/c1-16-12-3-2-10-4-6-14(13(10)8-12)7-5-11(14)9-15/h2-3,8,11H,4-7H2,1H3/t11-,14-/m0/s1. The molecule has 2 atom stereocenters. The summed E-state index contributed by atoms with van der Waals surface area (Å²) < 4.78 is 5.29. The van der Waals surface area contributed by atoms with E-state index in [1.165, 1.54) is 17.5 Å². The van der Waals surface area contributed by atoms with Gasteiger partial charge >= 0.3 is 0 Å². The number of benzene rings is 1. The van der Waals surface area contributed by atoms with E-state index in [9.17, 15) is 5.26 Å². The van der Waals surface area contributed by atoms with Gasteiger partial charge in [-0.05, 0) is 48.9 Å². The Bertz CT molecular complexity index is 474. The zero-order chi connectivity index (χ0) is 11.2. The van der Waals surface area contributed by atoms with Gasteiger partial charge in [0, 0.05) is 5.41 Å². The minimum Gasteiger partial charge on any atom is -0.497 e. The molecule has 2 heteroatoms. The van der Waals surface area contributed by atoms with E-state index in [1.54, 1.807) is 7.11 Å². The number of nitrogens with zero attached hydrogens (tertiary/aromatic N) is 1. The van der Waals surface area contributed by atoms with Gasteiger partial charge in [0.15, 0.2) is 0 Å². The maximum absolute atomic E-state index is 9.18. The lowest BCUT2D eigenvalue weighted by molar-refractivity contribution is 0.171. The molecular weight excluding hydrogens is 198 g/mol. The molecule has 2 nitrogen and oxygen atoms in total. The van der Waals surface area contributed by atoms with E-state index in [0.717, 1.165) is 25.0 Å². The summed E-state index contributed by atoms with van der Waals surface area (Å²) >= 11 is 0. The molecule has 0 heterocycles. The molecule has 16 heavy (non-hydrogen) atoms. The Morgan fingerprint density at radius 1 is 1.44 bits per heavy atom. The third-order valence-corrected chi connectivity index (χ3v) is 4.40. The molecule has 2 aliphatic rings. The van der Waals surface area contributed by atoms with Crippen LogP contribution in [0.15, 0.2) is 18.2 Å². The molecule has 0 unspecified atom stereocenters. The lowest BCUT2D eigenvalue weighted by Gasteiger charge is -2.44. The SMILES string of the molecule is COc1ccc2c(c1)[C@@]1(CC2)CC[C@H]1C#N. The smallest absolute Gasteiger partial charge is 0.119 e. The number of hydrogen-bond acceptors (Lipinski definition) is 2. The minimum absolute atomic E-state index is 0.165. The Balaban J connectivity index is 2.08. The van der Waals surface area contributed by atoms with Crippen LogP contribution in [0.25, 0.3) is 0 Å². The summed E-state index contributed by atoms with van der Waals surface area (Å²) in [6.45, 7) is 0. The molecule has 1 aromatic rings. The molecule has 1 spiro atoms. The fraction of sp³-hybridized carbons (Fsp3) is 0.500. The van der Waals surface area contributed by atoms with Crippen molar-refractivity contribution in [3.63, 3.8) is 0 Å². The van der Waals surface area contributed by atoms with Crippen molar-refractivity contribution in [3.05, 3.63) is 29.3 Å². The summed E-state index contributed by atoms with van der Waals surface area (Å²) in [5, 5.41) is 9.18. The number of hydrogen-bond donors (Lipinski definition) is 0. The Kier molecular flexibility index (Phi) is 1.97. The number of nitriles is 1. The van der Waals surface area contributed by atoms with Gasteiger partial charge in [-0.2, -0.15) is 5.26 Å². The zero-order valence-corrected chi connectivity index (χ0v) is 9.49. The van der Waals surface area contributed by atoms with Gasteiger partial charge in [-0.1, -0.05) is 6.07 Å². The second-order valence-corrected chi connectivity index (χ2v) is 4.90. The van der Waals surface area contributed by atoms with Crippen LogP contribution in [0.4, 0.5) is 0 Å². The first-order chi connectivity index (χ1) is 7.80. The van der Waals surface area contributed by atoms with Crippen molar-refractivity contribution in [2.24, 2.45) is 5.92 Å². The predicted molar refractivity (Wildman–Crippen MR) is 61.3 cm³/mol. The summed E-state index contributed by atoms with van der Waals surface area (Å²) in [6, 6.07) is 8.80. The highest BCUT2D eigenvalue weighted by Crippen LogP contribution is 2.56. The van der Waals surface area contributed by atoms with E-state index in [0.29, 0.717) is 0 Å². The molecule has 1 saturated carbocycles. The number of rotatable bonds is 1. The molecule has 1 fully saturated rings. The molecule has 0 aromatic heterocycles. The molecule has 0 N–H and O–H groups in total. The fourth-order valence-electron chi connectivity index (χ4n) is 3.30. The number of fused-ring (bicyclic) bond motifs is 2. The normalized spacial score (nSPS) is 30.6. The Labute approximate surface area is 95.8 Å². The summed E-state index contributed by atoms with van der Waals surface area (Å²) in [4.78, 5) is 0. The van der Waals surface area contributed by atoms with E-state index in [2.05, 4.69) is 18.2 Å². The molecule has 0 amide bonds. The van der Waals surface area contributed by atoms with Crippen molar-refractivity contribution in [1.82, 2.24) is 0 Å². The maximum atomic E-state index is 9.18. The van der Waals surface area contributed by atoms with Gasteiger partial charge in [0.2, 0.25) is 0 Å². The van der Waals surface area contributed by atoms with Crippen LogP contribution < -0.4 is 4.74 Å². The number of aryl methyl sites for hydroxylation is 1. The van der Waals surface area contributed by atoms with Crippen molar-refractivity contribution < 1.29 is 4.74 Å². The first-order valence-electron chi connectivity index (χ1n) is 5.87. The van der Waals surface area contributed by atoms with Gasteiger partial charge in [0.05, 0.1) is 19.1 Å². The van der Waals surface area contributed by atoms with Gasteiger partial charge in [-0.3, -0.25) is 0 Å². The fourth-order valence-corrected chi connectivity index (χ4v) is 3.30. The van der Waals surface area contributed by atoms with Gasteiger partial charge in [-0.25, -0.2) is 0 Å². The van der Waals surface area contributed by atoms with Crippen LogP contribution in [0.5, 0.6) is 5.75 Å². The summed E-state index contributed by atoms with van der Waals surface area (Å²) in [6.07, 6.45) is 4.50. The van der Waals surface area contributed by atoms with Gasteiger partial charge in [0.25, 0.3) is 0 Å². The van der Waals surface area contributed by atoms with Crippen LogP contribution in [0, 0.1) is 17.2 Å². The molecule has 0 bridgehead atoms. The average Bonchev–Trinajstić information content (AvgIpc) is 2.68. The van der Waals surface area contributed by atoms with E-state index < -0.39 is 0 Å². The molecular formula is C14H15NO. The largest absolute Gasteiger partial charge is 0.497 e. The predicted octanol–water partition coefficient (Wildman–Crippen LogP) is 2.81. The summed E-state index contributed by atoms with van der Waals surface area (Å²) in [7, 11) is 1.70. The van der Waals surface area contributed by atoms with Crippen LogP contribution in [0.2, 0.25) is 0 Å². The van der Waals surface area contributed by atoms with Crippen LogP contribution in [0.3, 0.4) is 0 Å². The molecule has 0 aliphatic heterocycles. The maximum Gasteiger partial charge on any atom is 0.119 e. The molecule has 0 radical (unpaired) electrons. The lowest BCUT2D eigenvalue weighted by Crippen LogP contribution is -2.41. The van der Waals surface area contributed by atoms with E-state index in [-0.39, 0.29) is 11.3 Å². The second-order valence-electron chi connectivity index (χ2n) is 4.90. The van der Waals surface area contributed by atoms with Crippen LogP contribution in [-0.2, 0) is 11.8 Å². The second kappa shape index (κ2) is 3.25. The first-order valence-corrected chi connectivity index (χ1v) is 5.87. The van der Waals surface area contributed by atoms with Gasteiger partial charge < -0.3 is 4.74 Å². The highest BCUT2D eigenvalue weighted by molar-refractivity contribution is 5.47. The Morgan fingerprint density at radius 2 is 2.31 bits per heavy atom. The van der Waals surface area contributed by atoms with Crippen molar-refractivity contribution >= 4 is 0 Å². The monoisotopic (exact) mass is 213 g/mol. The zero-order valence-electron chi connectivity index (χ0n) is 9.49. The van der Waals surface area contributed by atoms with Crippen molar-refractivity contribution in [3.8, 4) is 11.8 Å².